The topological polar surface area (TPSA) is 35.6 Å². The van der Waals surface area contributed by atoms with Crippen molar-refractivity contribution < 1.29 is 4.79 Å². The molecule has 3 fully saturated rings. The van der Waals surface area contributed by atoms with Gasteiger partial charge in [-0.05, 0) is 39.2 Å². The first-order valence-electron chi connectivity index (χ1n) is 7.97. The van der Waals surface area contributed by atoms with Gasteiger partial charge < -0.3 is 10.2 Å². The first-order valence-corrected chi connectivity index (χ1v) is 7.97. The van der Waals surface area contributed by atoms with Gasteiger partial charge in [0.25, 0.3) is 0 Å². The van der Waals surface area contributed by atoms with Crippen molar-refractivity contribution in [1.29, 1.82) is 0 Å². The summed E-state index contributed by atoms with van der Waals surface area (Å²) < 4.78 is 0. The fraction of sp³-hybridized carbons (Fsp3) is 0.933. The zero-order valence-corrected chi connectivity index (χ0v) is 12.2. The molecule has 0 aromatic carbocycles. The van der Waals surface area contributed by atoms with Gasteiger partial charge in [-0.1, -0.05) is 12.8 Å². The van der Waals surface area contributed by atoms with Crippen molar-refractivity contribution in [2.45, 2.75) is 57.0 Å². The van der Waals surface area contributed by atoms with Crippen molar-refractivity contribution in [1.82, 2.24) is 15.1 Å². The maximum absolute atomic E-state index is 12.6. The van der Waals surface area contributed by atoms with E-state index in [0.717, 1.165) is 51.6 Å². The van der Waals surface area contributed by atoms with Crippen LogP contribution in [0.15, 0.2) is 0 Å². The molecule has 0 spiro atoms. The van der Waals surface area contributed by atoms with Gasteiger partial charge >= 0.3 is 0 Å². The van der Waals surface area contributed by atoms with E-state index >= 15 is 0 Å². The SMILES string of the molecule is CC1(C(=O)N2CCN(C3CCCC3)CC2)CCCN1. The summed E-state index contributed by atoms with van der Waals surface area (Å²) in [7, 11) is 0. The maximum atomic E-state index is 12.6. The highest BCUT2D eigenvalue weighted by molar-refractivity contribution is 5.86. The molecule has 4 heteroatoms. The number of nitrogens with zero attached hydrogens (tertiary/aromatic N) is 2. The Bertz CT molecular complexity index is 324. The summed E-state index contributed by atoms with van der Waals surface area (Å²) in [6, 6.07) is 0.803. The van der Waals surface area contributed by atoms with Gasteiger partial charge in [-0.3, -0.25) is 9.69 Å². The first-order chi connectivity index (χ1) is 9.19. The van der Waals surface area contributed by atoms with Crippen LogP contribution >= 0.6 is 0 Å². The van der Waals surface area contributed by atoms with E-state index in [-0.39, 0.29) is 5.54 Å². The Balaban J connectivity index is 1.53. The summed E-state index contributed by atoms with van der Waals surface area (Å²) >= 11 is 0. The lowest BCUT2D eigenvalue weighted by Gasteiger charge is -2.40. The molecular weight excluding hydrogens is 238 g/mol. The molecule has 2 heterocycles. The number of hydrogen-bond donors (Lipinski definition) is 1. The third kappa shape index (κ3) is 2.65. The van der Waals surface area contributed by atoms with Crippen molar-refractivity contribution in [3.05, 3.63) is 0 Å². The minimum absolute atomic E-state index is 0.282. The zero-order chi connectivity index (χ0) is 13.3. The highest BCUT2D eigenvalue weighted by atomic mass is 16.2. The van der Waals surface area contributed by atoms with Gasteiger partial charge in [0.1, 0.15) is 0 Å². The second kappa shape index (κ2) is 5.41. The molecule has 1 atom stereocenters. The highest BCUT2D eigenvalue weighted by Gasteiger charge is 2.40. The summed E-state index contributed by atoms with van der Waals surface area (Å²) in [5.74, 6) is 0.330. The van der Waals surface area contributed by atoms with Crippen LogP contribution in [0.1, 0.15) is 45.4 Å². The van der Waals surface area contributed by atoms with Gasteiger partial charge in [0, 0.05) is 32.2 Å². The molecule has 0 aromatic rings. The minimum Gasteiger partial charge on any atom is -0.339 e. The maximum Gasteiger partial charge on any atom is 0.242 e. The third-order valence-electron chi connectivity index (χ3n) is 5.28. The van der Waals surface area contributed by atoms with E-state index in [0.29, 0.717) is 5.91 Å². The van der Waals surface area contributed by atoms with Crippen LogP contribution in [0.2, 0.25) is 0 Å². The smallest absolute Gasteiger partial charge is 0.242 e. The van der Waals surface area contributed by atoms with Crippen molar-refractivity contribution >= 4 is 5.91 Å². The molecule has 1 N–H and O–H groups in total. The average Bonchev–Trinajstić information content (AvgIpc) is 3.10. The fourth-order valence-corrected chi connectivity index (χ4v) is 3.99. The lowest BCUT2D eigenvalue weighted by Crippen LogP contribution is -2.58. The Labute approximate surface area is 116 Å². The normalized spacial score (nSPS) is 34.1. The number of nitrogens with one attached hydrogen (secondary N) is 1. The van der Waals surface area contributed by atoms with E-state index in [9.17, 15) is 4.79 Å². The van der Waals surface area contributed by atoms with Gasteiger partial charge in [-0.2, -0.15) is 0 Å². The second-order valence-electron chi connectivity index (χ2n) is 6.63. The number of carbonyl (C=O) groups excluding carboxylic acids is 1. The average molecular weight is 265 g/mol. The molecule has 2 saturated heterocycles. The Morgan fingerprint density at radius 1 is 1.11 bits per heavy atom. The molecule has 3 aliphatic rings. The quantitative estimate of drug-likeness (QED) is 0.815. The van der Waals surface area contributed by atoms with Crippen LogP contribution in [0.4, 0.5) is 0 Å². The van der Waals surface area contributed by atoms with E-state index in [4.69, 9.17) is 0 Å². The number of amides is 1. The Morgan fingerprint density at radius 2 is 1.79 bits per heavy atom. The summed E-state index contributed by atoms with van der Waals surface area (Å²) in [5.41, 5.74) is -0.282. The van der Waals surface area contributed by atoms with Crippen LogP contribution < -0.4 is 5.32 Å². The Hall–Kier alpha value is -0.610. The van der Waals surface area contributed by atoms with E-state index in [1.54, 1.807) is 0 Å². The molecule has 0 bridgehead atoms. The predicted octanol–water partition coefficient (Wildman–Crippen LogP) is 1.22. The number of carbonyl (C=O) groups is 1. The molecule has 4 nitrogen and oxygen atoms in total. The molecule has 1 aliphatic carbocycles. The largest absolute Gasteiger partial charge is 0.339 e. The molecule has 108 valence electrons. The van der Waals surface area contributed by atoms with Crippen LogP contribution in [0, 0.1) is 0 Å². The number of rotatable bonds is 2. The third-order valence-corrected chi connectivity index (χ3v) is 5.28. The molecule has 0 aromatic heterocycles. The zero-order valence-electron chi connectivity index (χ0n) is 12.2. The van der Waals surface area contributed by atoms with Gasteiger partial charge in [0.15, 0.2) is 0 Å². The van der Waals surface area contributed by atoms with E-state index < -0.39 is 0 Å². The van der Waals surface area contributed by atoms with E-state index in [2.05, 4.69) is 22.0 Å². The molecule has 1 amide bonds. The Kier molecular flexibility index (Phi) is 3.81. The van der Waals surface area contributed by atoms with Gasteiger partial charge in [0.2, 0.25) is 5.91 Å². The van der Waals surface area contributed by atoms with E-state index in [1.807, 2.05) is 0 Å². The van der Waals surface area contributed by atoms with Crippen molar-refractivity contribution in [2.24, 2.45) is 0 Å². The molecule has 1 saturated carbocycles. The monoisotopic (exact) mass is 265 g/mol. The molecule has 3 rings (SSSR count). The van der Waals surface area contributed by atoms with Gasteiger partial charge in [-0.15, -0.1) is 0 Å². The van der Waals surface area contributed by atoms with Crippen LogP contribution in [0.25, 0.3) is 0 Å². The van der Waals surface area contributed by atoms with Crippen LogP contribution in [-0.2, 0) is 4.79 Å². The standard InChI is InChI=1S/C15H27N3O/c1-15(7-4-8-16-15)14(19)18-11-9-17(10-12-18)13-5-2-3-6-13/h13,16H,2-12H2,1H3. The van der Waals surface area contributed by atoms with Crippen LogP contribution in [0.5, 0.6) is 0 Å². The molecule has 2 aliphatic heterocycles. The van der Waals surface area contributed by atoms with Gasteiger partial charge in [-0.25, -0.2) is 0 Å². The second-order valence-corrected chi connectivity index (χ2v) is 6.63. The van der Waals surface area contributed by atoms with E-state index in [1.165, 1.54) is 25.7 Å². The molecular formula is C15H27N3O. The predicted molar refractivity (Wildman–Crippen MR) is 76.1 cm³/mol. The summed E-state index contributed by atoms with van der Waals surface area (Å²) in [6.07, 6.45) is 7.65. The Morgan fingerprint density at radius 3 is 2.37 bits per heavy atom. The summed E-state index contributed by atoms with van der Waals surface area (Å²) in [6.45, 7) is 7.06. The molecule has 1 unspecified atom stereocenters. The lowest BCUT2D eigenvalue weighted by molar-refractivity contribution is -0.139. The number of piperazine rings is 1. The number of hydrogen-bond acceptors (Lipinski definition) is 3. The summed E-state index contributed by atoms with van der Waals surface area (Å²) in [5, 5.41) is 3.39. The summed E-state index contributed by atoms with van der Waals surface area (Å²) in [4.78, 5) is 17.3. The first kappa shape index (κ1) is 13.4. The highest BCUT2D eigenvalue weighted by Crippen LogP contribution is 2.26. The fourth-order valence-electron chi connectivity index (χ4n) is 3.99. The van der Waals surface area contributed by atoms with Crippen molar-refractivity contribution in [3.63, 3.8) is 0 Å². The molecule has 0 radical (unpaired) electrons. The molecule has 19 heavy (non-hydrogen) atoms. The van der Waals surface area contributed by atoms with Gasteiger partial charge in [0.05, 0.1) is 5.54 Å². The lowest BCUT2D eigenvalue weighted by atomic mass is 9.98. The van der Waals surface area contributed by atoms with Crippen LogP contribution in [0.3, 0.4) is 0 Å². The minimum atomic E-state index is -0.282. The van der Waals surface area contributed by atoms with Crippen LogP contribution in [-0.4, -0.2) is 60.0 Å². The van der Waals surface area contributed by atoms with Crippen molar-refractivity contribution in [2.75, 3.05) is 32.7 Å². The van der Waals surface area contributed by atoms with Crippen molar-refractivity contribution in [3.8, 4) is 0 Å².